The van der Waals surface area contributed by atoms with E-state index >= 15 is 0 Å². The fraction of sp³-hybridized carbons (Fsp3) is 0.364. The molecule has 3 rings (SSSR count). The first kappa shape index (κ1) is 18.2. The molecule has 0 bridgehead atoms. The largest absolute Gasteiger partial charge is 0.327 e. The van der Waals surface area contributed by atoms with Gasteiger partial charge in [0.2, 0.25) is 0 Å². The SMILES string of the molecule is CC[C@H](C)[C@H]1C(=O)N(CCc2ccccc2)C(=O)N1Cc1ccccc1. The van der Waals surface area contributed by atoms with Gasteiger partial charge >= 0.3 is 6.03 Å². The van der Waals surface area contributed by atoms with Gasteiger partial charge in [-0.1, -0.05) is 80.9 Å². The van der Waals surface area contributed by atoms with Gasteiger partial charge in [-0.2, -0.15) is 0 Å². The smallest absolute Gasteiger partial charge is 0.308 e. The first-order valence-electron chi connectivity index (χ1n) is 9.31. The molecule has 1 saturated heterocycles. The van der Waals surface area contributed by atoms with Crippen LogP contribution in [0.5, 0.6) is 0 Å². The molecule has 1 fully saturated rings. The van der Waals surface area contributed by atoms with Crippen LogP contribution in [0.4, 0.5) is 4.79 Å². The van der Waals surface area contributed by atoms with Crippen molar-refractivity contribution in [2.75, 3.05) is 6.54 Å². The summed E-state index contributed by atoms with van der Waals surface area (Å²) in [5.41, 5.74) is 2.18. The van der Waals surface area contributed by atoms with E-state index in [1.165, 1.54) is 4.90 Å². The minimum absolute atomic E-state index is 0.0591. The van der Waals surface area contributed by atoms with Gasteiger partial charge in [-0.15, -0.1) is 0 Å². The van der Waals surface area contributed by atoms with Gasteiger partial charge in [-0.25, -0.2) is 4.79 Å². The highest BCUT2D eigenvalue weighted by molar-refractivity contribution is 6.04. The fourth-order valence-electron chi connectivity index (χ4n) is 3.47. The lowest BCUT2D eigenvalue weighted by Gasteiger charge is -2.26. The molecule has 4 heteroatoms. The van der Waals surface area contributed by atoms with Gasteiger partial charge in [0, 0.05) is 13.1 Å². The summed E-state index contributed by atoms with van der Waals surface area (Å²) in [4.78, 5) is 29.2. The second kappa shape index (κ2) is 8.17. The maximum atomic E-state index is 13.0. The van der Waals surface area contributed by atoms with Crippen molar-refractivity contribution in [2.24, 2.45) is 5.92 Å². The third-order valence-corrected chi connectivity index (χ3v) is 5.18. The van der Waals surface area contributed by atoms with E-state index in [0.717, 1.165) is 17.5 Å². The summed E-state index contributed by atoms with van der Waals surface area (Å²) in [7, 11) is 0. The summed E-state index contributed by atoms with van der Waals surface area (Å²) < 4.78 is 0. The average Bonchev–Trinajstić information content (AvgIpc) is 2.91. The average molecular weight is 350 g/mol. The van der Waals surface area contributed by atoms with Crippen molar-refractivity contribution in [2.45, 2.75) is 39.3 Å². The first-order chi connectivity index (χ1) is 12.6. The predicted molar refractivity (Wildman–Crippen MR) is 102 cm³/mol. The fourth-order valence-corrected chi connectivity index (χ4v) is 3.47. The lowest BCUT2D eigenvalue weighted by molar-refractivity contribution is -0.129. The Morgan fingerprint density at radius 3 is 2.08 bits per heavy atom. The number of carbonyl (C=O) groups excluding carboxylic acids is 2. The zero-order valence-electron chi connectivity index (χ0n) is 15.5. The number of rotatable bonds is 7. The molecule has 136 valence electrons. The summed E-state index contributed by atoms with van der Waals surface area (Å²) in [6.45, 7) is 5.02. The van der Waals surface area contributed by atoms with Crippen LogP contribution in [-0.2, 0) is 17.8 Å². The quantitative estimate of drug-likeness (QED) is 0.705. The third-order valence-electron chi connectivity index (χ3n) is 5.18. The Morgan fingerprint density at radius 2 is 1.50 bits per heavy atom. The molecule has 1 aliphatic rings. The molecule has 3 amide bonds. The summed E-state index contributed by atoms with van der Waals surface area (Å²) in [5, 5.41) is 0. The second-order valence-electron chi connectivity index (χ2n) is 6.95. The standard InChI is InChI=1S/C22H26N2O2/c1-3-17(2)20-21(25)23(15-14-18-10-6-4-7-11-18)22(26)24(20)16-19-12-8-5-9-13-19/h4-13,17,20H,3,14-16H2,1-2H3/t17-,20-/m0/s1. The van der Waals surface area contributed by atoms with Crippen LogP contribution in [0, 0.1) is 5.92 Å². The lowest BCUT2D eigenvalue weighted by Crippen LogP contribution is -2.39. The highest BCUT2D eigenvalue weighted by Crippen LogP contribution is 2.27. The summed E-state index contributed by atoms with van der Waals surface area (Å²) in [5.74, 6) is 0.0769. The van der Waals surface area contributed by atoms with Gasteiger partial charge in [0.05, 0.1) is 0 Å². The van der Waals surface area contributed by atoms with E-state index in [4.69, 9.17) is 0 Å². The highest BCUT2D eigenvalue weighted by Gasteiger charge is 2.46. The van der Waals surface area contributed by atoms with E-state index in [-0.39, 0.29) is 23.9 Å². The second-order valence-corrected chi connectivity index (χ2v) is 6.95. The van der Waals surface area contributed by atoms with Crippen LogP contribution in [-0.4, -0.2) is 34.3 Å². The van der Waals surface area contributed by atoms with Crippen molar-refractivity contribution in [3.05, 3.63) is 71.8 Å². The van der Waals surface area contributed by atoms with Crippen LogP contribution < -0.4 is 0 Å². The molecule has 0 aliphatic carbocycles. The number of urea groups is 1. The first-order valence-corrected chi connectivity index (χ1v) is 9.31. The van der Waals surface area contributed by atoms with E-state index in [2.05, 4.69) is 13.8 Å². The Kier molecular flexibility index (Phi) is 5.71. The van der Waals surface area contributed by atoms with Gasteiger partial charge in [-0.3, -0.25) is 9.69 Å². The van der Waals surface area contributed by atoms with Crippen molar-refractivity contribution in [1.29, 1.82) is 0 Å². The van der Waals surface area contributed by atoms with Gasteiger partial charge in [0.1, 0.15) is 6.04 Å². The predicted octanol–water partition coefficient (Wildman–Crippen LogP) is 4.11. The van der Waals surface area contributed by atoms with Crippen molar-refractivity contribution in [3.8, 4) is 0 Å². The van der Waals surface area contributed by atoms with Crippen LogP contribution >= 0.6 is 0 Å². The molecule has 0 aromatic heterocycles. The molecule has 0 radical (unpaired) electrons. The van der Waals surface area contributed by atoms with E-state index < -0.39 is 0 Å². The van der Waals surface area contributed by atoms with Crippen LogP contribution in [0.1, 0.15) is 31.4 Å². The number of carbonyl (C=O) groups is 2. The van der Waals surface area contributed by atoms with Crippen molar-refractivity contribution in [3.63, 3.8) is 0 Å². The maximum absolute atomic E-state index is 13.0. The molecular weight excluding hydrogens is 324 g/mol. The van der Waals surface area contributed by atoms with Gasteiger partial charge < -0.3 is 4.90 Å². The third kappa shape index (κ3) is 3.79. The van der Waals surface area contributed by atoms with Gasteiger partial charge in [-0.05, 0) is 23.5 Å². The molecule has 26 heavy (non-hydrogen) atoms. The maximum Gasteiger partial charge on any atom is 0.327 e. The van der Waals surface area contributed by atoms with Crippen LogP contribution in [0.15, 0.2) is 60.7 Å². The number of amides is 3. The molecule has 2 atom stereocenters. The molecule has 0 N–H and O–H groups in total. The zero-order valence-corrected chi connectivity index (χ0v) is 15.5. The number of hydrogen-bond acceptors (Lipinski definition) is 2. The Morgan fingerprint density at radius 1 is 0.923 bits per heavy atom. The van der Waals surface area contributed by atoms with E-state index in [1.54, 1.807) is 4.90 Å². The number of nitrogens with zero attached hydrogens (tertiary/aromatic N) is 2. The Balaban J connectivity index is 1.78. The zero-order chi connectivity index (χ0) is 18.5. The molecule has 4 nitrogen and oxygen atoms in total. The molecule has 0 unspecified atom stereocenters. The summed E-state index contributed by atoms with van der Waals surface area (Å²) in [6, 6.07) is 19.3. The van der Waals surface area contributed by atoms with E-state index in [0.29, 0.717) is 19.5 Å². The molecule has 1 heterocycles. The minimum atomic E-state index is -0.372. The number of imide groups is 1. The number of benzene rings is 2. The normalized spacial score (nSPS) is 18.5. The van der Waals surface area contributed by atoms with Gasteiger partial charge in [0.25, 0.3) is 5.91 Å². The molecule has 2 aromatic rings. The molecule has 0 saturated carbocycles. The molecular formula is C22H26N2O2. The van der Waals surface area contributed by atoms with Crippen LogP contribution in [0.2, 0.25) is 0 Å². The molecule has 2 aromatic carbocycles. The summed E-state index contributed by atoms with van der Waals surface area (Å²) in [6.07, 6.45) is 1.55. The Bertz CT molecular complexity index is 745. The van der Waals surface area contributed by atoms with Gasteiger partial charge in [0.15, 0.2) is 0 Å². The van der Waals surface area contributed by atoms with E-state index in [1.807, 2.05) is 60.7 Å². The molecule has 0 spiro atoms. The monoisotopic (exact) mass is 350 g/mol. The van der Waals surface area contributed by atoms with Crippen molar-refractivity contribution >= 4 is 11.9 Å². The highest BCUT2D eigenvalue weighted by atomic mass is 16.2. The Labute approximate surface area is 155 Å². The topological polar surface area (TPSA) is 40.6 Å². The number of hydrogen-bond donors (Lipinski definition) is 0. The van der Waals surface area contributed by atoms with Crippen LogP contribution in [0.25, 0.3) is 0 Å². The molecule has 1 aliphatic heterocycles. The lowest BCUT2D eigenvalue weighted by atomic mass is 9.97. The van der Waals surface area contributed by atoms with E-state index in [9.17, 15) is 9.59 Å². The minimum Gasteiger partial charge on any atom is -0.308 e. The summed E-state index contributed by atoms with van der Waals surface area (Å²) >= 11 is 0. The van der Waals surface area contributed by atoms with Crippen molar-refractivity contribution < 1.29 is 9.59 Å². The Hall–Kier alpha value is -2.62. The van der Waals surface area contributed by atoms with Crippen LogP contribution in [0.3, 0.4) is 0 Å². The van der Waals surface area contributed by atoms with Crippen molar-refractivity contribution in [1.82, 2.24) is 9.80 Å².